The average Bonchev–Trinajstić information content (AvgIpc) is 3.30. The van der Waals surface area contributed by atoms with Crippen molar-refractivity contribution in [1.29, 1.82) is 0 Å². The number of aromatic nitrogens is 1. The van der Waals surface area contributed by atoms with Gasteiger partial charge in [-0.05, 0) is 50.8 Å². The summed E-state index contributed by atoms with van der Waals surface area (Å²) in [5, 5.41) is 3.54. The molecule has 1 saturated heterocycles. The highest BCUT2D eigenvalue weighted by Gasteiger charge is 2.34. The maximum absolute atomic E-state index is 12.7. The van der Waals surface area contributed by atoms with Crippen LogP contribution in [0, 0.1) is 6.92 Å². The zero-order valence-corrected chi connectivity index (χ0v) is 12.1. The van der Waals surface area contributed by atoms with Gasteiger partial charge in [-0.25, -0.2) is 0 Å². The fourth-order valence-corrected chi connectivity index (χ4v) is 2.94. The number of carbonyl (C=O) groups excluding carboxylic acids is 1. The molecule has 1 unspecified atom stereocenters. The first kappa shape index (κ1) is 13.6. The lowest BCUT2D eigenvalue weighted by atomic mass is 10.0. The molecule has 4 nitrogen and oxygen atoms in total. The van der Waals surface area contributed by atoms with Gasteiger partial charge in [0.2, 0.25) is 0 Å². The van der Waals surface area contributed by atoms with Crippen molar-refractivity contribution >= 4 is 5.91 Å². The summed E-state index contributed by atoms with van der Waals surface area (Å²) in [5.41, 5.74) is 1.77. The van der Waals surface area contributed by atoms with Crippen LogP contribution in [0.3, 0.4) is 0 Å². The first-order valence-corrected chi connectivity index (χ1v) is 7.70. The lowest BCUT2D eigenvalue weighted by Gasteiger charge is -2.30. The first-order valence-electron chi connectivity index (χ1n) is 7.70. The molecule has 1 aliphatic carbocycles. The van der Waals surface area contributed by atoms with Gasteiger partial charge in [0.15, 0.2) is 0 Å². The normalized spacial score (nSPS) is 22.6. The molecule has 0 aromatic carbocycles. The van der Waals surface area contributed by atoms with Gasteiger partial charge in [0.25, 0.3) is 5.91 Å². The zero-order valence-electron chi connectivity index (χ0n) is 12.1. The van der Waals surface area contributed by atoms with Gasteiger partial charge < -0.3 is 10.2 Å². The molecule has 2 fully saturated rings. The molecule has 2 heterocycles. The van der Waals surface area contributed by atoms with E-state index in [9.17, 15) is 4.79 Å². The third-order valence-corrected chi connectivity index (χ3v) is 4.20. The summed E-state index contributed by atoms with van der Waals surface area (Å²) in [6.07, 6.45) is 9.50. The largest absolute Gasteiger partial charge is 0.334 e. The highest BCUT2D eigenvalue weighted by Crippen LogP contribution is 2.29. The number of hydrogen-bond acceptors (Lipinski definition) is 3. The summed E-state index contributed by atoms with van der Waals surface area (Å²) in [6, 6.07) is 2.86. The molecule has 0 bridgehead atoms. The van der Waals surface area contributed by atoms with Gasteiger partial charge in [-0.15, -0.1) is 0 Å². The Morgan fingerprint density at radius 1 is 1.35 bits per heavy atom. The van der Waals surface area contributed by atoms with Crippen LogP contribution in [-0.2, 0) is 0 Å². The van der Waals surface area contributed by atoms with Crippen LogP contribution in [0.2, 0.25) is 0 Å². The minimum atomic E-state index is 0.149. The molecule has 0 radical (unpaired) electrons. The average molecular weight is 273 g/mol. The third-order valence-electron chi connectivity index (χ3n) is 4.20. The van der Waals surface area contributed by atoms with Gasteiger partial charge in [-0.3, -0.25) is 9.78 Å². The van der Waals surface area contributed by atoms with Gasteiger partial charge in [0.05, 0.1) is 5.56 Å². The molecule has 1 aromatic rings. The lowest BCUT2D eigenvalue weighted by Crippen LogP contribution is -2.46. The van der Waals surface area contributed by atoms with E-state index >= 15 is 0 Å². The molecule has 1 amide bonds. The van der Waals surface area contributed by atoms with E-state index in [0.29, 0.717) is 12.1 Å². The van der Waals surface area contributed by atoms with E-state index in [1.165, 1.54) is 19.3 Å². The van der Waals surface area contributed by atoms with E-state index in [1.54, 1.807) is 12.4 Å². The number of nitrogens with zero attached hydrogens (tertiary/aromatic N) is 2. The fraction of sp³-hybridized carbons (Fsp3) is 0.625. The van der Waals surface area contributed by atoms with Crippen LogP contribution in [0.25, 0.3) is 0 Å². The summed E-state index contributed by atoms with van der Waals surface area (Å²) in [7, 11) is 0. The molecule has 1 saturated carbocycles. The van der Waals surface area contributed by atoms with Gasteiger partial charge in [0, 0.05) is 31.0 Å². The lowest BCUT2D eigenvalue weighted by molar-refractivity contribution is 0.0717. The van der Waals surface area contributed by atoms with Crippen molar-refractivity contribution in [2.45, 2.75) is 51.1 Å². The van der Waals surface area contributed by atoms with Crippen LogP contribution in [0.1, 0.15) is 48.0 Å². The molecule has 1 aliphatic heterocycles. The minimum Gasteiger partial charge on any atom is -0.334 e. The van der Waals surface area contributed by atoms with Crippen molar-refractivity contribution in [1.82, 2.24) is 15.2 Å². The van der Waals surface area contributed by atoms with E-state index in [4.69, 9.17) is 0 Å². The Morgan fingerprint density at radius 3 is 2.85 bits per heavy atom. The summed E-state index contributed by atoms with van der Waals surface area (Å²) < 4.78 is 0. The van der Waals surface area contributed by atoms with E-state index < -0.39 is 0 Å². The van der Waals surface area contributed by atoms with Crippen LogP contribution in [-0.4, -0.2) is 41.0 Å². The topological polar surface area (TPSA) is 45.2 Å². The predicted molar refractivity (Wildman–Crippen MR) is 78.7 cm³/mol. The number of piperidine rings is 1. The Kier molecular flexibility index (Phi) is 4.01. The van der Waals surface area contributed by atoms with Crippen molar-refractivity contribution < 1.29 is 4.79 Å². The highest BCUT2D eigenvalue weighted by atomic mass is 16.2. The Labute approximate surface area is 120 Å². The minimum absolute atomic E-state index is 0.149. The zero-order chi connectivity index (χ0) is 13.9. The van der Waals surface area contributed by atoms with E-state index in [0.717, 1.165) is 37.1 Å². The summed E-state index contributed by atoms with van der Waals surface area (Å²) in [4.78, 5) is 18.9. The van der Waals surface area contributed by atoms with Crippen molar-refractivity contribution in [3.8, 4) is 0 Å². The molecule has 1 aromatic heterocycles. The molecule has 0 spiro atoms. The number of pyridine rings is 1. The summed E-state index contributed by atoms with van der Waals surface area (Å²) in [6.45, 7) is 3.91. The Bertz CT molecular complexity index is 478. The Hall–Kier alpha value is -1.42. The first-order chi connectivity index (χ1) is 9.74. The van der Waals surface area contributed by atoms with E-state index in [1.807, 2.05) is 13.0 Å². The molecule has 1 N–H and O–H groups in total. The smallest absolute Gasteiger partial charge is 0.255 e. The second-order valence-electron chi connectivity index (χ2n) is 6.09. The van der Waals surface area contributed by atoms with Gasteiger partial charge in [-0.1, -0.05) is 6.42 Å². The maximum Gasteiger partial charge on any atom is 0.255 e. The van der Waals surface area contributed by atoms with Crippen molar-refractivity contribution in [2.75, 3.05) is 13.1 Å². The maximum atomic E-state index is 12.7. The monoisotopic (exact) mass is 273 g/mol. The van der Waals surface area contributed by atoms with Crippen molar-refractivity contribution in [2.24, 2.45) is 0 Å². The van der Waals surface area contributed by atoms with Crippen LogP contribution in [0.5, 0.6) is 0 Å². The van der Waals surface area contributed by atoms with Gasteiger partial charge in [-0.2, -0.15) is 0 Å². The Morgan fingerprint density at radius 2 is 2.20 bits per heavy atom. The van der Waals surface area contributed by atoms with E-state index in [2.05, 4.69) is 15.2 Å². The SMILES string of the molecule is Cc1cncc(C(=O)N(CC2CCCCN2)C2CC2)c1. The number of amides is 1. The molecule has 4 heteroatoms. The molecular weight excluding hydrogens is 250 g/mol. The number of carbonyl (C=O) groups is 1. The van der Waals surface area contributed by atoms with Crippen LogP contribution in [0.4, 0.5) is 0 Å². The molecule has 108 valence electrons. The molecular formula is C16H23N3O. The summed E-state index contributed by atoms with van der Waals surface area (Å²) >= 11 is 0. The van der Waals surface area contributed by atoms with Gasteiger partial charge >= 0.3 is 0 Å². The third kappa shape index (κ3) is 3.18. The second-order valence-corrected chi connectivity index (χ2v) is 6.09. The van der Waals surface area contributed by atoms with Gasteiger partial charge in [0.1, 0.15) is 0 Å². The molecule has 2 aliphatic rings. The second kappa shape index (κ2) is 5.92. The van der Waals surface area contributed by atoms with Crippen molar-refractivity contribution in [3.05, 3.63) is 29.6 Å². The fourth-order valence-electron chi connectivity index (χ4n) is 2.94. The van der Waals surface area contributed by atoms with E-state index in [-0.39, 0.29) is 5.91 Å². The predicted octanol–water partition coefficient (Wildman–Crippen LogP) is 2.14. The summed E-state index contributed by atoms with van der Waals surface area (Å²) in [5.74, 6) is 0.149. The molecule has 1 atom stereocenters. The van der Waals surface area contributed by atoms with Crippen molar-refractivity contribution in [3.63, 3.8) is 0 Å². The number of nitrogens with one attached hydrogen (secondary N) is 1. The molecule has 20 heavy (non-hydrogen) atoms. The number of hydrogen-bond donors (Lipinski definition) is 1. The van der Waals surface area contributed by atoms with Crippen LogP contribution < -0.4 is 5.32 Å². The number of rotatable bonds is 4. The number of aryl methyl sites for hydroxylation is 1. The Balaban J connectivity index is 1.71. The standard InChI is InChI=1S/C16H23N3O/c1-12-8-13(10-17-9-12)16(20)19(15-5-6-15)11-14-4-2-3-7-18-14/h8-10,14-15,18H,2-7,11H2,1H3. The van der Waals surface area contributed by atoms with Crippen LogP contribution >= 0.6 is 0 Å². The van der Waals surface area contributed by atoms with Crippen LogP contribution in [0.15, 0.2) is 18.5 Å². The quantitative estimate of drug-likeness (QED) is 0.914. The molecule has 3 rings (SSSR count). The highest BCUT2D eigenvalue weighted by molar-refractivity contribution is 5.94.